The third kappa shape index (κ3) is 2.70. The molecule has 0 fully saturated rings. The van der Waals surface area contributed by atoms with E-state index < -0.39 is 0 Å². The molecule has 4 heteroatoms. The number of aromatic nitrogens is 1. The molecule has 19 heavy (non-hydrogen) atoms. The van der Waals surface area contributed by atoms with Gasteiger partial charge < -0.3 is 5.32 Å². The lowest BCUT2D eigenvalue weighted by atomic mass is 10.1. The van der Waals surface area contributed by atoms with Crippen LogP contribution in [0.5, 0.6) is 0 Å². The second kappa shape index (κ2) is 5.66. The number of nitrogens with zero attached hydrogens (tertiary/aromatic N) is 3. The first-order chi connectivity index (χ1) is 9.28. The summed E-state index contributed by atoms with van der Waals surface area (Å²) in [6.07, 6.45) is 0. The van der Waals surface area contributed by atoms with Crippen molar-refractivity contribution in [3.8, 4) is 23.4 Å². The summed E-state index contributed by atoms with van der Waals surface area (Å²) < 4.78 is 0. The predicted molar refractivity (Wildman–Crippen MR) is 73.3 cm³/mol. The van der Waals surface area contributed by atoms with Crippen LogP contribution in [0.4, 0.5) is 5.82 Å². The van der Waals surface area contributed by atoms with Gasteiger partial charge >= 0.3 is 0 Å². The van der Waals surface area contributed by atoms with Crippen LogP contribution in [0.15, 0.2) is 36.4 Å². The number of anilines is 1. The van der Waals surface area contributed by atoms with Crippen LogP contribution < -0.4 is 5.32 Å². The van der Waals surface area contributed by atoms with E-state index in [1.165, 1.54) is 0 Å². The molecule has 0 radical (unpaired) electrons. The van der Waals surface area contributed by atoms with Crippen molar-refractivity contribution in [3.63, 3.8) is 0 Å². The fourth-order valence-corrected chi connectivity index (χ4v) is 1.73. The van der Waals surface area contributed by atoms with Gasteiger partial charge in [-0.05, 0) is 31.2 Å². The van der Waals surface area contributed by atoms with Gasteiger partial charge in [0.05, 0.1) is 22.9 Å². The van der Waals surface area contributed by atoms with Crippen LogP contribution in [0.25, 0.3) is 11.3 Å². The Morgan fingerprint density at radius 1 is 1.05 bits per heavy atom. The average molecular weight is 248 g/mol. The minimum absolute atomic E-state index is 0.527. The van der Waals surface area contributed by atoms with E-state index in [2.05, 4.69) is 22.4 Å². The molecule has 0 unspecified atom stereocenters. The Hall–Kier alpha value is -2.85. The molecule has 0 amide bonds. The predicted octanol–water partition coefficient (Wildman–Crippen LogP) is 2.92. The van der Waals surface area contributed by atoms with Crippen LogP contribution in [0.1, 0.15) is 18.1 Å². The summed E-state index contributed by atoms with van der Waals surface area (Å²) in [7, 11) is 0. The monoisotopic (exact) mass is 248 g/mol. The first kappa shape index (κ1) is 12.6. The zero-order valence-electron chi connectivity index (χ0n) is 10.5. The van der Waals surface area contributed by atoms with E-state index in [0.717, 1.165) is 11.3 Å². The zero-order valence-corrected chi connectivity index (χ0v) is 10.5. The highest BCUT2D eigenvalue weighted by Gasteiger charge is 2.06. The lowest BCUT2D eigenvalue weighted by Gasteiger charge is -2.07. The van der Waals surface area contributed by atoms with E-state index in [9.17, 15) is 0 Å². The van der Waals surface area contributed by atoms with Gasteiger partial charge in [-0.25, -0.2) is 4.98 Å². The van der Waals surface area contributed by atoms with Crippen molar-refractivity contribution in [3.05, 3.63) is 47.5 Å². The molecule has 4 nitrogen and oxygen atoms in total. The second-order valence-electron chi connectivity index (χ2n) is 3.92. The highest BCUT2D eigenvalue weighted by Crippen LogP contribution is 2.21. The Kier molecular flexibility index (Phi) is 3.75. The number of rotatable bonds is 3. The SMILES string of the molecule is CCNc1nc(-c2ccc(C#N)cc2)ccc1C#N. The summed E-state index contributed by atoms with van der Waals surface area (Å²) in [5.74, 6) is 0.590. The molecule has 0 spiro atoms. The van der Waals surface area contributed by atoms with Gasteiger partial charge in [-0.3, -0.25) is 0 Å². The van der Waals surface area contributed by atoms with Gasteiger partial charge in [0.2, 0.25) is 0 Å². The number of hydrogen-bond donors (Lipinski definition) is 1. The topological polar surface area (TPSA) is 72.5 Å². The maximum absolute atomic E-state index is 9.01. The van der Waals surface area contributed by atoms with Gasteiger partial charge in [0.15, 0.2) is 0 Å². The number of hydrogen-bond acceptors (Lipinski definition) is 4. The molecule has 92 valence electrons. The summed E-state index contributed by atoms with van der Waals surface area (Å²) in [6, 6.07) is 14.9. The largest absolute Gasteiger partial charge is 0.369 e. The molecule has 2 aromatic rings. The number of pyridine rings is 1. The first-order valence-electron chi connectivity index (χ1n) is 5.94. The normalized spacial score (nSPS) is 9.42. The quantitative estimate of drug-likeness (QED) is 0.906. The van der Waals surface area contributed by atoms with E-state index in [4.69, 9.17) is 10.5 Å². The van der Waals surface area contributed by atoms with Crippen LogP contribution in [0.3, 0.4) is 0 Å². The van der Waals surface area contributed by atoms with Crippen molar-refractivity contribution >= 4 is 5.82 Å². The summed E-state index contributed by atoms with van der Waals surface area (Å²) in [6.45, 7) is 2.66. The minimum atomic E-state index is 0.527. The van der Waals surface area contributed by atoms with Crippen molar-refractivity contribution in [1.29, 1.82) is 10.5 Å². The molecule has 1 heterocycles. The standard InChI is InChI=1S/C15H12N4/c1-2-18-15-13(10-17)7-8-14(19-15)12-5-3-11(9-16)4-6-12/h3-8H,2H2,1H3,(H,18,19). The molecule has 1 aromatic heterocycles. The Morgan fingerprint density at radius 2 is 1.79 bits per heavy atom. The van der Waals surface area contributed by atoms with Crippen LogP contribution in [-0.4, -0.2) is 11.5 Å². The minimum Gasteiger partial charge on any atom is -0.369 e. The van der Waals surface area contributed by atoms with Gasteiger partial charge in [-0.1, -0.05) is 12.1 Å². The van der Waals surface area contributed by atoms with E-state index >= 15 is 0 Å². The summed E-state index contributed by atoms with van der Waals surface area (Å²) in [4.78, 5) is 4.44. The maximum atomic E-state index is 9.01. The Labute approximate surface area is 112 Å². The fraction of sp³-hybridized carbons (Fsp3) is 0.133. The zero-order chi connectivity index (χ0) is 13.7. The molecular formula is C15H12N4. The number of nitriles is 2. The molecule has 0 aliphatic rings. The van der Waals surface area contributed by atoms with E-state index in [-0.39, 0.29) is 0 Å². The van der Waals surface area contributed by atoms with Crippen LogP contribution in [0, 0.1) is 22.7 Å². The van der Waals surface area contributed by atoms with Gasteiger partial charge in [0.1, 0.15) is 11.9 Å². The second-order valence-corrected chi connectivity index (χ2v) is 3.92. The summed E-state index contributed by atoms with van der Waals surface area (Å²) >= 11 is 0. The third-order valence-corrected chi connectivity index (χ3v) is 2.67. The Balaban J connectivity index is 2.42. The van der Waals surface area contributed by atoms with Crippen molar-refractivity contribution < 1.29 is 0 Å². The van der Waals surface area contributed by atoms with Crippen molar-refractivity contribution in [2.45, 2.75) is 6.92 Å². The average Bonchev–Trinajstić information content (AvgIpc) is 2.47. The summed E-state index contributed by atoms with van der Waals surface area (Å²) in [5, 5.41) is 20.9. The van der Waals surface area contributed by atoms with Gasteiger partial charge in [0, 0.05) is 12.1 Å². The third-order valence-electron chi connectivity index (χ3n) is 2.67. The molecule has 0 bridgehead atoms. The Bertz CT molecular complexity index is 660. The molecule has 0 saturated heterocycles. The molecule has 0 atom stereocenters. The van der Waals surface area contributed by atoms with Crippen molar-refractivity contribution in [2.24, 2.45) is 0 Å². The van der Waals surface area contributed by atoms with E-state index in [0.29, 0.717) is 23.5 Å². The maximum Gasteiger partial charge on any atom is 0.144 e. The lowest BCUT2D eigenvalue weighted by Crippen LogP contribution is -2.02. The van der Waals surface area contributed by atoms with E-state index in [1.807, 2.05) is 19.1 Å². The Morgan fingerprint density at radius 3 is 2.37 bits per heavy atom. The fourth-order valence-electron chi connectivity index (χ4n) is 1.73. The molecule has 0 aliphatic heterocycles. The number of nitrogens with one attached hydrogen (secondary N) is 1. The van der Waals surface area contributed by atoms with Crippen LogP contribution >= 0.6 is 0 Å². The molecule has 1 N–H and O–H groups in total. The summed E-state index contributed by atoms with van der Waals surface area (Å²) in [5.41, 5.74) is 2.84. The van der Waals surface area contributed by atoms with Crippen LogP contribution in [0.2, 0.25) is 0 Å². The molecule has 0 aliphatic carbocycles. The molecule has 2 rings (SSSR count). The lowest BCUT2D eigenvalue weighted by molar-refractivity contribution is 1.15. The highest BCUT2D eigenvalue weighted by atomic mass is 15.0. The van der Waals surface area contributed by atoms with Gasteiger partial charge in [-0.2, -0.15) is 10.5 Å². The molecular weight excluding hydrogens is 236 g/mol. The molecule has 1 aromatic carbocycles. The molecule has 0 saturated carbocycles. The van der Waals surface area contributed by atoms with Gasteiger partial charge in [0.25, 0.3) is 0 Å². The van der Waals surface area contributed by atoms with Crippen molar-refractivity contribution in [2.75, 3.05) is 11.9 Å². The van der Waals surface area contributed by atoms with E-state index in [1.54, 1.807) is 24.3 Å². The van der Waals surface area contributed by atoms with Gasteiger partial charge in [-0.15, -0.1) is 0 Å². The van der Waals surface area contributed by atoms with Crippen LogP contribution in [-0.2, 0) is 0 Å². The number of benzene rings is 1. The smallest absolute Gasteiger partial charge is 0.144 e. The highest BCUT2D eigenvalue weighted by molar-refractivity contribution is 5.65. The first-order valence-corrected chi connectivity index (χ1v) is 5.94. The van der Waals surface area contributed by atoms with Crippen molar-refractivity contribution in [1.82, 2.24) is 4.98 Å².